The van der Waals surface area contributed by atoms with Gasteiger partial charge in [-0.1, -0.05) is 25.1 Å². The van der Waals surface area contributed by atoms with E-state index in [4.69, 9.17) is 9.56 Å². The van der Waals surface area contributed by atoms with Crippen molar-refractivity contribution in [2.75, 3.05) is 12.3 Å². The zero-order valence-electron chi connectivity index (χ0n) is 11.6. The van der Waals surface area contributed by atoms with Crippen LogP contribution in [0.15, 0.2) is 28.7 Å². The zero-order valence-corrected chi connectivity index (χ0v) is 12.4. The third-order valence-corrected chi connectivity index (χ3v) is 4.04. The summed E-state index contributed by atoms with van der Waals surface area (Å²) in [5.41, 5.74) is 2.05. The van der Waals surface area contributed by atoms with Crippen LogP contribution in [0.5, 0.6) is 0 Å². The number of primary sulfonamides is 1. The second-order valence-corrected chi connectivity index (χ2v) is 6.48. The van der Waals surface area contributed by atoms with Gasteiger partial charge in [-0.3, -0.25) is 0 Å². The summed E-state index contributed by atoms with van der Waals surface area (Å²) in [6, 6.07) is 7.94. The quantitative estimate of drug-likeness (QED) is 0.762. The highest BCUT2D eigenvalue weighted by Crippen LogP contribution is 2.26. The molecule has 1 heterocycles. The van der Waals surface area contributed by atoms with E-state index in [1.807, 2.05) is 24.3 Å². The molecule has 1 aromatic carbocycles. The van der Waals surface area contributed by atoms with Crippen molar-refractivity contribution in [3.63, 3.8) is 0 Å². The standard InChI is InChI=1S/C14H20N2O3S/c1-2-13-12(10-16-8-5-9-20(15,17)18)11-6-3-4-7-14(11)19-13/h3-4,6-7,16H,2,5,8-10H2,1H3,(H2,15,17,18). The maximum Gasteiger partial charge on any atom is 0.209 e. The summed E-state index contributed by atoms with van der Waals surface area (Å²) in [7, 11) is -3.36. The fourth-order valence-electron chi connectivity index (χ4n) is 2.24. The van der Waals surface area contributed by atoms with E-state index in [0.717, 1.165) is 28.7 Å². The highest BCUT2D eigenvalue weighted by atomic mass is 32.2. The number of aryl methyl sites for hydroxylation is 1. The lowest BCUT2D eigenvalue weighted by atomic mass is 10.1. The number of rotatable bonds is 7. The molecular formula is C14H20N2O3S. The minimum absolute atomic E-state index is 0.00672. The van der Waals surface area contributed by atoms with Crippen molar-refractivity contribution in [2.24, 2.45) is 5.14 Å². The summed E-state index contributed by atoms with van der Waals surface area (Å²) < 4.78 is 27.5. The molecule has 0 unspecified atom stereocenters. The highest BCUT2D eigenvalue weighted by Gasteiger charge is 2.11. The zero-order chi connectivity index (χ0) is 14.6. The number of para-hydroxylation sites is 1. The molecule has 0 spiro atoms. The van der Waals surface area contributed by atoms with Crippen molar-refractivity contribution in [3.05, 3.63) is 35.6 Å². The molecule has 0 amide bonds. The summed E-state index contributed by atoms with van der Waals surface area (Å²) in [6.07, 6.45) is 1.35. The minimum Gasteiger partial charge on any atom is -0.461 e. The molecule has 0 fully saturated rings. The lowest BCUT2D eigenvalue weighted by Gasteiger charge is -2.04. The van der Waals surface area contributed by atoms with Gasteiger partial charge in [-0.2, -0.15) is 0 Å². The van der Waals surface area contributed by atoms with E-state index in [1.54, 1.807) is 0 Å². The molecular weight excluding hydrogens is 276 g/mol. The number of furan rings is 1. The molecule has 0 saturated heterocycles. The highest BCUT2D eigenvalue weighted by molar-refractivity contribution is 7.89. The van der Waals surface area contributed by atoms with Gasteiger partial charge < -0.3 is 9.73 Å². The van der Waals surface area contributed by atoms with Gasteiger partial charge in [0, 0.05) is 23.9 Å². The molecule has 1 aromatic heterocycles. The molecule has 5 nitrogen and oxygen atoms in total. The Bertz CT molecular complexity index is 677. The van der Waals surface area contributed by atoms with Crippen molar-refractivity contribution in [2.45, 2.75) is 26.3 Å². The number of hydrogen-bond donors (Lipinski definition) is 2. The Labute approximate surface area is 119 Å². The van der Waals surface area contributed by atoms with E-state index in [2.05, 4.69) is 12.2 Å². The Balaban J connectivity index is 1.99. The Hall–Kier alpha value is -1.37. The number of benzene rings is 1. The molecule has 3 N–H and O–H groups in total. The Kier molecular flexibility index (Phi) is 4.80. The first kappa shape index (κ1) is 15.0. The number of nitrogens with two attached hydrogens (primary N) is 1. The van der Waals surface area contributed by atoms with Gasteiger partial charge in [-0.25, -0.2) is 13.6 Å². The number of nitrogens with one attached hydrogen (secondary N) is 1. The van der Waals surface area contributed by atoms with Gasteiger partial charge in [0.15, 0.2) is 0 Å². The molecule has 2 aromatic rings. The van der Waals surface area contributed by atoms with Crippen LogP contribution in [0.1, 0.15) is 24.7 Å². The van der Waals surface area contributed by atoms with Gasteiger partial charge in [0.1, 0.15) is 11.3 Å². The molecule has 6 heteroatoms. The fourth-order valence-corrected chi connectivity index (χ4v) is 2.79. The van der Waals surface area contributed by atoms with Gasteiger partial charge in [0.05, 0.1) is 5.75 Å². The third kappa shape index (κ3) is 3.82. The van der Waals surface area contributed by atoms with Gasteiger partial charge in [0.2, 0.25) is 10.0 Å². The van der Waals surface area contributed by atoms with Gasteiger partial charge in [-0.05, 0) is 19.0 Å². The normalized spacial score (nSPS) is 12.1. The molecule has 0 atom stereocenters. The molecule has 0 bridgehead atoms. The van der Waals surface area contributed by atoms with Crippen molar-refractivity contribution in [3.8, 4) is 0 Å². The van der Waals surface area contributed by atoms with Crippen LogP contribution in [-0.4, -0.2) is 20.7 Å². The average Bonchev–Trinajstić information content (AvgIpc) is 2.75. The maximum absolute atomic E-state index is 10.8. The first-order chi connectivity index (χ1) is 9.51. The first-order valence-electron chi connectivity index (χ1n) is 6.71. The number of hydrogen-bond acceptors (Lipinski definition) is 4. The summed E-state index contributed by atoms with van der Waals surface area (Å²) in [5.74, 6) is 0.984. The Morgan fingerprint density at radius 1 is 1.30 bits per heavy atom. The summed E-state index contributed by atoms with van der Waals surface area (Å²) in [6.45, 7) is 3.34. The molecule has 0 saturated carbocycles. The predicted octanol–water partition coefficient (Wildman–Crippen LogP) is 1.76. The molecule has 0 aliphatic heterocycles. The SMILES string of the molecule is CCc1oc2ccccc2c1CNCCCS(N)(=O)=O. The van der Waals surface area contributed by atoms with Crippen LogP contribution >= 0.6 is 0 Å². The maximum atomic E-state index is 10.8. The Morgan fingerprint density at radius 2 is 2.05 bits per heavy atom. The second-order valence-electron chi connectivity index (χ2n) is 4.75. The smallest absolute Gasteiger partial charge is 0.209 e. The van der Waals surface area contributed by atoms with E-state index >= 15 is 0 Å². The molecule has 20 heavy (non-hydrogen) atoms. The van der Waals surface area contributed by atoms with Crippen LogP contribution < -0.4 is 10.5 Å². The van der Waals surface area contributed by atoms with Crippen LogP contribution in [0.25, 0.3) is 11.0 Å². The van der Waals surface area contributed by atoms with E-state index in [0.29, 0.717) is 19.5 Å². The molecule has 0 aliphatic rings. The van der Waals surface area contributed by atoms with Crippen molar-refractivity contribution < 1.29 is 12.8 Å². The van der Waals surface area contributed by atoms with E-state index in [9.17, 15) is 8.42 Å². The van der Waals surface area contributed by atoms with Crippen LogP contribution in [0.3, 0.4) is 0 Å². The topological polar surface area (TPSA) is 85.3 Å². The van der Waals surface area contributed by atoms with Crippen LogP contribution in [0.2, 0.25) is 0 Å². The first-order valence-corrected chi connectivity index (χ1v) is 8.43. The molecule has 2 rings (SSSR count). The van der Waals surface area contributed by atoms with Gasteiger partial charge in [-0.15, -0.1) is 0 Å². The molecule has 0 radical (unpaired) electrons. The second kappa shape index (κ2) is 6.39. The average molecular weight is 296 g/mol. The molecule has 110 valence electrons. The van der Waals surface area contributed by atoms with E-state index in [-0.39, 0.29) is 5.75 Å². The minimum atomic E-state index is -3.36. The van der Waals surface area contributed by atoms with E-state index < -0.39 is 10.0 Å². The van der Waals surface area contributed by atoms with Gasteiger partial charge >= 0.3 is 0 Å². The molecule has 0 aliphatic carbocycles. The number of sulfonamides is 1. The fraction of sp³-hybridized carbons (Fsp3) is 0.429. The third-order valence-electron chi connectivity index (χ3n) is 3.19. The lowest BCUT2D eigenvalue weighted by Crippen LogP contribution is -2.22. The summed E-state index contributed by atoms with van der Waals surface area (Å²) in [4.78, 5) is 0. The van der Waals surface area contributed by atoms with Crippen LogP contribution in [0.4, 0.5) is 0 Å². The monoisotopic (exact) mass is 296 g/mol. The number of fused-ring (bicyclic) bond motifs is 1. The predicted molar refractivity (Wildman–Crippen MR) is 79.9 cm³/mol. The van der Waals surface area contributed by atoms with Crippen molar-refractivity contribution in [1.82, 2.24) is 5.32 Å². The van der Waals surface area contributed by atoms with E-state index in [1.165, 1.54) is 0 Å². The lowest BCUT2D eigenvalue weighted by molar-refractivity contribution is 0.543. The summed E-state index contributed by atoms with van der Waals surface area (Å²) in [5, 5.41) is 9.32. The van der Waals surface area contributed by atoms with Crippen LogP contribution in [0, 0.1) is 0 Å². The van der Waals surface area contributed by atoms with Crippen molar-refractivity contribution >= 4 is 21.0 Å². The Morgan fingerprint density at radius 3 is 2.75 bits per heavy atom. The van der Waals surface area contributed by atoms with Crippen molar-refractivity contribution in [1.29, 1.82) is 0 Å². The summed E-state index contributed by atoms with van der Waals surface area (Å²) >= 11 is 0. The van der Waals surface area contributed by atoms with Gasteiger partial charge in [0.25, 0.3) is 0 Å². The van der Waals surface area contributed by atoms with Crippen LogP contribution in [-0.2, 0) is 23.0 Å². The largest absolute Gasteiger partial charge is 0.461 e.